The van der Waals surface area contributed by atoms with Crippen molar-refractivity contribution >= 4 is 0 Å². The molecule has 1 aliphatic rings. The number of hydrogen-bond acceptors (Lipinski definition) is 5. The molecule has 5 nitrogen and oxygen atoms in total. The predicted octanol–water partition coefficient (Wildman–Crippen LogP) is 2.75. The van der Waals surface area contributed by atoms with Gasteiger partial charge in [-0.25, -0.2) is 0 Å². The molecule has 0 heterocycles. The van der Waals surface area contributed by atoms with Crippen LogP contribution in [0.25, 0.3) is 0 Å². The van der Waals surface area contributed by atoms with E-state index in [-0.39, 0.29) is 0 Å². The van der Waals surface area contributed by atoms with E-state index in [1.54, 1.807) is 14.2 Å². The van der Waals surface area contributed by atoms with Gasteiger partial charge in [0.25, 0.3) is 0 Å². The van der Waals surface area contributed by atoms with Crippen LogP contribution in [-0.2, 0) is 11.3 Å². The second-order valence-corrected chi connectivity index (χ2v) is 6.63. The third-order valence-electron chi connectivity index (χ3n) is 4.75. The minimum atomic E-state index is -0.487. The van der Waals surface area contributed by atoms with Gasteiger partial charge in [0.2, 0.25) is 0 Å². The lowest BCUT2D eigenvalue weighted by atomic mass is 9.86. The van der Waals surface area contributed by atoms with Crippen molar-refractivity contribution in [2.75, 3.05) is 27.4 Å². The SMILES string of the molecule is COc1ccc(COC[C@@H](O)CN[C@@H]2CCCC[C@H]2C)cc1OC. The van der Waals surface area contributed by atoms with Gasteiger partial charge in [-0.3, -0.25) is 0 Å². The van der Waals surface area contributed by atoms with Gasteiger partial charge in [0.15, 0.2) is 11.5 Å². The number of rotatable bonds is 9. The van der Waals surface area contributed by atoms with Crippen molar-refractivity contribution in [3.8, 4) is 11.5 Å². The van der Waals surface area contributed by atoms with E-state index in [1.165, 1.54) is 25.7 Å². The van der Waals surface area contributed by atoms with Crippen LogP contribution in [0.2, 0.25) is 0 Å². The van der Waals surface area contributed by atoms with Crippen LogP contribution in [0.1, 0.15) is 38.2 Å². The molecule has 1 fully saturated rings. The summed E-state index contributed by atoms with van der Waals surface area (Å²) < 4.78 is 16.1. The highest BCUT2D eigenvalue weighted by Crippen LogP contribution is 2.27. The Kier molecular flexibility index (Phi) is 7.82. The molecule has 0 radical (unpaired) electrons. The average Bonchev–Trinajstić information content (AvgIpc) is 2.61. The Bertz CT molecular complexity index is 494. The Hall–Kier alpha value is -1.30. The molecule has 0 aromatic heterocycles. The molecule has 1 aliphatic carbocycles. The van der Waals surface area contributed by atoms with E-state index in [0.717, 1.165) is 5.56 Å². The molecule has 0 saturated heterocycles. The molecule has 2 N–H and O–H groups in total. The molecular weight excluding hydrogens is 306 g/mol. The van der Waals surface area contributed by atoms with Crippen LogP contribution in [-0.4, -0.2) is 44.6 Å². The van der Waals surface area contributed by atoms with E-state index in [2.05, 4.69) is 12.2 Å². The normalized spacial score (nSPS) is 22.2. The smallest absolute Gasteiger partial charge is 0.161 e. The van der Waals surface area contributed by atoms with Crippen molar-refractivity contribution in [2.45, 2.75) is 51.4 Å². The fourth-order valence-electron chi connectivity index (χ4n) is 3.25. The Morgan fingerprint density at radius 2 is 1.92 bits per heavy atom. The summed E-state index contributed by atoms with van der Waals surface area (Å²) in [5, 5.41) is 13.6. The topological polar surface area (TPSA) is 60.0 Å². The highest BCUT2D eigenvalue weighted by molar-refractivity contribution is 5.42. The van der Waals surface area contributed by atoms with Crippen molar-refractivity contribution in [1.82, 2.24) is 5.32 Å². The zero-order valence-corrected chi connectivity index (χ0v) is 15.1. The second-order valence-electron chi connectivity index (χ2n) is 6.63. The van der Waals surface area contributed by atoms with Crippen LogP contribution in [0.15, 0.2) is 18.2 Å². The number of ether oxygens (including phenoxy) is 3. The maximum Gasteiger partial charge on any atom is 0.161 e. The Morgan fingerprint density at radius 3 is 2.62 bits per heavy atom. The molecule has 3 atom stereocenters. The van der Waals surface area contributed by atoms with Crippen molar-refractivity contribution < 1.29 is 19.3 Å². The summed E-state index contributed by atoms with van der Waals surface area (Å²) in [5.74, 6) is 2.08. The van der Waals surface area contributed by atoms with Crippen LogP contribution in [0.5, 0.6) is 11.5 Å². The summed E-state index contributed by atoms with van der Waals surface area (Å²) in [6.45, 7) is 3.64. The van der Waals surface area contributed by atoms with Gasteiger partial charge in [0.05, 0.1) is 33.5 Å². The quantitative estimate of drug-likeness (QED) is 0.725. The van der Waals surface area contributed by atoms with Gasteiger partial charge in [-0.2, -0.15) is 0 Å². The molecule has 0 unspecified atom stereocenters. The third-order valence-corrected chi connectivity index (χ3v) is 4.75. The van der Waals surface area contributed by atoms with Crippen LogP contribution in [0.4, 0.5) is 0 Å². The van der Waals surface area contributed by atoms with Gasteiger partial charge in [-0.05, 0) is 36.5 Å². The van der Waals surface area contributed by atoms with Crippen LogP contribution in [0, 0.1) is 5.92 Å². The van der Waals surface area contributed by atoms with Gasteiger partial charge >= 0.3 is 0 Å². The lowest BCUT2D eigenvalue weighted by Crippen LogP contribution is -2.42. The molecular formula is C19H31NO4. The molecule has 1 aromatic carbocycles. The summed E-state index contributed by atoms with van der Waals surface area (Å²) in [6, 6.07) is 6.22. The summed E-state index contributed by atoms with van der Waals surface area (Å²) in [4.78, 5) is 0. The third kappa shape index (κ3) is 5.65. The fraction of sp³-hybridized carbons (Fsp3) is 0.684. The lowest BCUT2D eigenvalue weighted by Gasteiger charge is -2.30. The second kappa shape index (κ2) is 9.87. The highest BCUT2D eigenvalue weighted by atomic mass is 16.5. The van der Waals surface area contributed by atoms with E-state index < -0.39 is 6.10 Å². The number of methoxy groups -OCH3 is 2. The number of hydrogen-bond donors (Lipinski definition) is 2. The largest absolute Gasteiger partial charge is 0.493 e. The molecule has 0 bridgehead atoms. The number of benzene rings is 1. The van der Waals surface area contributed by atoms with Gasteiger partial charge in [0, 0.05) is 12.6 Å². The van der Waals surface area contributed by atoms with E-state index in [0.29, 0.717) is 43.2 Å². The van der Waals surface area contributed by atoms with Crippen molar-refractivity contribution in [3.63, 3.8) is 0 Å². The van der Waals surface area contributed by atoms with Gasteiger partial charge in [-0.15, -0.1) is 0 Å². The molecule has 5 heteroatoms. The first-order valence-electron chi connectivity index (χ1n) is 8.84. The van der Waals surface area contributed by atoms with E-state index in [9.17, 15) is 5.11 Å². The molecule has 1 aromatic rings. The highest BCUT2D eigenvalue weighted by Gasteiger charge is 2.21. The summed E-state index contributed by atoms with van der Waals surface area (Å²) in [6.07, 6.45) is 4.62. The molecule has 0 spiro atoms. The maximum atomic E-state index is 10.1. The van der Waals surface area contributed by atoms with Gasteiger partial charge < -0.3 is 24.6 Å². The summed E-state index contributed by atoms with van der Waals surface area (Å²) >= 11 is 0. The molecule has 1 saturated carbocycles. The van der Waals surface area contributed by atoms with Gasteiger partial charge in [-0.1, -0.05) is 25.8 Å². The number of aliphatic hydroxyl groups excluding tert-OH is 1. The van der Waals surface area contributed by atoms with Crippen molar-refractivity contribution in [3.05, 3.63) is 23.8 Å². The lowest BCUT2D eigenvalue weighted by molar-refractivity contribution is 0.0259. The van der Waals surface area contributed by atoms with Crippen LogP contribution >= 0.6 is 0 Å². The fourth-order valence-corrected chi connectivity index (χ4v) is 3.25. The molecule has 0 amide bonds. The van der Waals surface area contributed by atoms with E-state index in [4.69, 9.17) is 14.2 Å². The van der Waals surface area contributed by atoms with Crippen molar-refractivity contribution in [1.29, 1.82) is 0 Å². The standard InChI is InChI=1S/C19H31NO4/c1-14-6-4-5-7-17(14)20-11-16(21)13-24-12-15-8-9-18(22-2)19(10-15)23-3/h8-10,14,16-17,20-21H,4-7,11-13H2,1-3H3/t14-,16+,17-/m1/s1. The van der Waals surface area contributed by atoms with Crippen LogP contribution < -0.4 is 14.8 Å². The Balaban J connectivity index is 1.69. The summed E-state index contributed by atoms with van der Waals surface area (Å²) in [5.41, 5.74) is 0.994. The first kappa shape index (κ1) is 19.0. The monoisotopic (exact) mass is 337 g/mol. The Morgan fingerprint density at radius 1 is 1.17 bits per heavy atom. The first-order valence-corrected chi connectivity index (χ1v) is 8.84. The molecule has 136 valence electrons. The molecule has 0 aliphatic heterocycles. The van der Waals surface area contributed by atoms with Crippen LogP contribution in [0.3, 0.4) is 0 Å². The number of aliphatic hydroxyl groups is 1. The van der Waals surface area contributed by atoms with E-state index in [1.807, 2.05) is 18.2 Å². The maximum absolute atomic E-state index is 10.1. The Labute approximate surface area is 145 Å². The first-order chi connectivity index (χ1) is 11.6. The molecule has 2 rings (SSSR count). The van der Waals surface area contributed by atoms with Gasteiger partial charge in [0.1, 0.15) is 0 Å². The average molecular weight is 337 g/mol. The number of nitrogens with one attached hydrogen (secondary N) is 1. The zero-order valence-electron chi connectivity index (χ0n) is 15.1. The zero-order chi connectivity index (χ0) is 17.4. The minimum Gasteiger partial charge on any atom is -0.493 e. The van der Waals surface area contributed by atoms with Crippen molar-refractivity contribution in [2.24, 2.45) is 5.92 Å². The molecule has 24 heavy (non-hydrogen) atoms. The predicted molar refractivity (Wildman–Crippen MR) is 94.6 cm³/mol. The van der Waals surface area contributed by atoms with E-state index >= 15 is 0 Å². The summed E-state index contributed by atoms with van der Waals surface area (Å²) in [7, 11) is 3.23. The minimum absolute atomic E-state index is 0.322.